The van der Waals surface area contributed by atoms with Crippen LogP contribution in [0.5, 0.6) is 0 Å². The molecule has 0 aliphatic heterocycles. The van der Waals surface area contributed by atoms with Crippen molar-refractivity contribution >= 4 is 50.0 Å². The van der Waals surface area contributed by atoms with Crippen LogP contribution in [0.4, 0.5) is 17.1 Å². The zero-order chi connectivity index (χ0) is 22.9. The van der Waals surface area contributed by atoms with Crippen LogP contribution >= 0.6 is 22.9 Å². The van der Waals surface area contributed by atoms with Crippen LogP contribution in [0.3, 0.4) is 0 Å². The van der Waals surface area contributed by atoms with Gasteiger partial charge in [0.05, 0.1) is 15.5 Å². The average molecular weight is 487 g/mol. The monoisotopic (exact) mass is 486 g/mol. The normalized spacial score (nSPS) is 11.3. The van der Waals surface area contributed by atoms with E-state index in [0.717, 1.165) is 27.9 Å². The van der Waals surface area contributed by atoms with Gasteiger partial charge in [0.2, 0.25) is 10.0 Å². The van der Waals surface area contributed by atoms with Crippen molar-refractivity contribution in [2.75, 3.05) is 5.32 Å². The van der Waals surface area contributed by atoms with E-state index in [2.05, 4.69) is 10.3 Å². The highest BCUT2D eigenvalue weighted by Crippen LogP contribution is 2.32. The van der Waals surface area contributed by atoms with Gasteiger partial charge in [0.1, 0.15) is 10.7 Å². The Balaban J connectivity index is 1.56. The van der Waals surface area contributed by atoms with Crippen molar-refractivity contribution in [3.05, 3.63) is 87.2 Å². The molecule has 0 amide bonds. The fraction of sp³-hybridized carbons (Fsp3) is 0. The summed E-state index contributed by atoms with van der Waals surface area (Å²) < 4.78 is 23.0. The van der Waals surface area contributed by atoms with Gasteiger partial charge in [-0.25, -0.2) is 18.5 Å². The first-order chi connectivity index (χ1) is 15.2. The summed E-state index contributed by atoms with van der Waals surface area (Å²) >= 11 is 7.45. The molecule has 0 unspecified atom stereocenters. The molecular weight excluding hydrogens is 472 g/mol. The van der Waals surface area contributed by atoms with E-state index in [-0.39, 0.29) is 10.6 Å². The van der Waals surface area contributed by atoms with E-state index >= 15 is 0 Å². The summed E-state index contributed by atoms with van der Waals surface area (Å²) in [6.07, 6.45) is 0. The molecule has 0 fully saturated rings. The second-order valence-electron chi connectivity index (χ2n) is 6.73. The molecule has 0 aliphatic carbocycles. The van der Waals surface area contributed by atoms with Gasteiger partial charge >= 0.3 is 0 Å². The van der Waals surface area contributed by atoms with Crippen LogP contribution < -0.4 is 10.5 Å². The van der Waals surface area contributed by atoms with Crippen molar-refractivity contribution in [2.24, 2.45) is 5.14 Å². The first kappa shape index (κ1) is 21.9. The van der Waals surface area contributed by atoms with Crippen molar-refractivity contribution in [2.45, 2.75) is 4.90 Å². The van der Waals surface area contributed by atoms with Crippen LogP contribution in [0, 0.1) is 10.1 Å². The molecule has 0 bridgehead atoms. The van der Waals surface area contributed by atoms with Gasteiger partial charge in [-0.05, 0) is 36.4 Å². The molecule has 0 saturated heterocycles. The maximum absolute atomic E-state index is 11.5. The lowest BCUT2D eigenvalue weighted by Gasteiger charge is -2.09. The van der Waals surface area contributed by atoms with E-state index in [1.807, 2.05) is 41.8 Å². The van der Waals surface area contributed by atoms with Crippen molar-refractivity contribution in [3.63, 3.8) is 0 Å². The number of nitrogens with zero attached hydrogens (tertiary/aromatic N) is 2. The van der Waals surface area contributed by atoms with Gasteiger partial charge < -0.3 is 5.32 Å². The van der Waals surface area contributed by atoms with E-state index < -0.39 is 20.6 Å². The topological polar surface area (TPSA) is 128 Å². The number of nitro groups is 1. The largest absolute Gasteiger partial charge is 0.350 e. The van der Waals surface area contributed by atoms with Gasteiger partial charge in [-0.2, -0.15) is 0 Å². The lowest BCUT2D eigenvalue weighted by Crippen LogP contribution is -2.12. The summed E-state index contributed by atoms with van der Waals surface area (Å²) in [6, 6.07) is 18.1. The number of anilines is 2. The number of benzene rings is 3. The van der Waals surface area contributed by atoms with Crippen LogP contribution in [0.25, 0.3) is 21.8 Å². The maximum Gasteiger partial charge on any atom is 0.294 e. The van der Waals surface area contributed by atoms with E-state index in [1.165, 1.54) is 23.5 Å². The molecule has 4 rings (SSSR count). The Bertz CT molecular complexity index is 1400. The van der Waals surface area contributed by atoms with Crippen LogP contribution in [0.1, 0.15) is 0 Å². The number of rotatable bonds is 6. The molecule has 1 heterocycles. The average Bonchev–Trinajstić information content (AvgIpc) is 3.24. The smallest absolute Gasteiger partial charge is 0.294 e. The fourth-order valence-corrected chi connectivity index (χ4v) is 4.45. The van der Waals surface area contributed by atoms with Crippen LogP contribution in [0.2, 0.25) is 5.02 Å². The van der Waals surface area contributed by atoms with Gasteiger partial charge in [-0.1, -0.05) is 35.9 Å². The number of nitrogens with one attached hydrogen (secondary N) is 1. The molecule has 3 N–H and O–H groups in total. The number of thiazole rings is 1. The molecule has 0 radical (unpaired) electrons. The molecule has 1 aromatic heterocycles. The third-order valence-corrected chi connectivity index (χ3v) is 6.60. The summed E-state index contributed by atoms with van der Waals surface area (Å²) in [7, 11) is -4.05. The number of hydrogen-bond donors (Lipinski definition) is 2. The third-order valence-electron chi connectivity index (χ3n) is 4.55. The molecular formula is C21H15ClN4O4S2. The molecule has 3 aromatic carbocycles. The summed E-state index contributed by atoms with van der Waals surface area (Å²) in [4.78, 5) is 15.0. The predicted octanol–water partition coefficient (Wildman–Crippen LogP) is 5.43. The summed E-state index contributed by atoms with van der Waals surface area (Å²) in [5.74, 6) is 0. The minimum absolute atomic E-state index is 0.147. The minimum atomic E-state index is -4.05. The highest BCUT2D eigenvalue weighted by atomic mass is 35.5. The molecule has 4 aromatic rings. The van der Waals surface area contributed by atoms with Crippen molar-refractivity contribution in [3.8, 4) is 21.8 Å². The van der Waals surface area contributed by atoms with Crippen LogP contribution in [-0.2, 0) is 10.0 Å². The Morgan fingerprint density at radius 3 is 2.28 bits per heavy atom. The van der Waals surface area contributed by atoms with Crippen molar-refractivity contribution in [1.82, 2.24) is 4.98 Å². The summed E-state index contributed by atoms with van der Waals surface area (Å²) in [6.45, 7) is 0. The van der Waals surface area contributed by atoms with Gasteiger partial charge in [0.25, 0.3) is 5.69 Å². The van der Waals surface area contributed by atoms with E-state index in [9.17, 15) is 18.5 Å². The van der Waals surface area contributed by atoms with Gasteiger partial charge in [-0.15, -0.1) is 11.3 Å². The van der Waals surface area contributed by atoms with Crippen LogP contribution in [0.15, 0.2) is 77.0 Å². The Morgan fingerprint density at radius 1 is 1.00 bits per heavy atom. The first-order valence-corrected chi connectivity index (χ1v) is 11.9. The summed E-state index contributed by atoms with van der Waals surface area (Å²) in [5.41, 5.74) is 3.00. The Morgan fingerprint density at radius 2 is 1.66 bits per heavy atom. The van der Waals surface area contributed by atoms with Crippen LogP contribution in [-0.4, -0.2) is 18.3 Å². The Hall–Kier alpha value is -3.31. The van der Waals surface area contributed by atoms with Crippen molar-refractivity contribution < 1.29 is 13.3 Å². The zero-order valence-corrected chi connectivity index (χ0v) is 18.6. The molecule has 0 saturated carbocycles. The fourth-order valence-electron chi connectivity index (χ4n) is 2.96. The van der Waals surface area contributed by atoms with Gasteiger partial charge in [-0.3, -0.25) is 10.1 Å². The van der Waals surface area contributed by atoms with E-state index in [4.69, 9.17) is 16.7 Å². The minimum Gasteiger partial charge on any atom is -0.350 e. The van der Waals surface area contributed by atoms with E-state index in [1.54, 1.807) is 12.1 Å². The number of nitrogens with two attached hydrogens (primary N) is 1. The number of primary sulfonamides is 1. The van der Waals surface area contributed by atoms with E-state index in [0.29, 0.717) is 10.7 Å². The molecule has 8 nitrogen and oxygen atoms in total. The molecule has 0 aliphatic rings. The molecule has 32 heavy (non-hydrogen) atoms. The highest BCUT2D eigenvalue weighted by molar-refractivity contribution is 7.89. The van der Waals surface area contributed by atoms with Gasteiger partial charge in [0.15, 0.2) is 0 Å². The second-order valence-corrected chi connectivity index (χ2v) is 9.58. The molecule has 0 spiro atoms. The highest BCUT2D eigenvalue weighted by Gasteiger charge is 2.19. The summed E-state index contributed by atoms with van der Waals surface area (Å²) in [5, 5.41) is 22.9. The second kappa shape index (κ2) is 8.67. The number of nitro benzene ring substituents is 1. The maximum atomic E-state index is 11.5. The quantitative estimate of drug-likeness (QED) is 0.276. The van der Waals surface area contributed by atoms with Crippen molar-refractivity contribution in [1.29, 1.82) is 0 Å². The molecule has 162 valence electrons. The zero-order valence-electron chi connectivity index (χ0n) is 16.2. The standard InChI is InChI=1S/C21H15ClN4O4S2/c22-15-5-1-14(2-6-15)21-25-19(12-31-21)13-3-7-16(8-4-13)24-18-10-9-17(32(23,29)30)11-20(18)26(27)28/h1-12,24H,(H2,23,29,30). The first-order valence-electron chi connectivity index (χ1n) is 9.11. The number of hydrogen-bond acceptors (Lipinski definition) is 7. The lowest BCUT2D eigenvalue weighted by molar-refractivity contribution is -0.384. The lowest BCUT2D eigenvalue weighted by atomic mass is 10.1. The SMILES string of the molecule is NS(=O)(=O)c1ccc(Nc2ccc(-c3csc(-c4ccc(Cl)cc4)n3)cc2)c([N+](=O)[O-])c1. The third kappa shape index (κ3) is 4.78. The number of aromatic nitrogens is 1. The Labute approximate surface area is 192 Å². The Kier molecular flexibility index (Phi) is 5.94. The molecule has 0 atom stereocenters. The number of halogens is 1. The number of sulfonamides is 1. The molecule has 11 heteroatoms. The van der Waals surface area contributed by atoms with Gasteiger partial charge in [0, 0.05) is 33.3 Å². The predicted molar refractivity (Wildman–Crippen MR) is 126 cm³/mol.